The molecule has 0 spiro atoms. The number of para-hydroxylation sites is 1. The lowest BCUT2D eigenvalue weighted by Crippen LogP contribution is -2.31. The maximum absolute atomic E-state index is 15.1. The van der Waals surface area contributed by atoms with Crippen LogP contribution in [0.5, 0.6) is 11.5 Å². The second-order valence-electron chi connectivity index (χ2n) is 4.71. The molecular formula is C16H13FO3. The fraction of sp³-hybridized carbons (Fsp3) is 0.188. The van der Waals surface area contributed by atoms with Crippen molar-refractivity contribution in [1.82, 2.24) is 0 Å². The Kier molecular flexibility index (Phi) is 2.93. The van der Waals surface area contributed by atoms with Gasteiger partial charge in [-0.05, 0) is 23.8 Å². The highest BCUT2D eigenvalue weighted by molar-refractivity contribution is 5.89. The highest BCUT2D eigenvalue weighted by Crippen LogP contribution is 2.43. The summed E-state index contributed by atoms with van der Waals surface area (Å²) in [5, 5.41) is 0. The van der Waals surface area contributed by atoms with E-state index in [4.69, 9.17) is 9.47 Å². The van der Waals surface area contributed by atoms with E-state index in [0.29, 0.717) is 22.6 Å². The fourth-order valence-electron chi connectivity index (χ4n) is 2.37. The minimum Gasteiger partial charge on any atom is -0.497 e. The Hall–Kier alpha value is -2.36. The molecule has 20 heavy (non-hydrogen) atoms. The highest BCUT2D eigenvalue weighted by Gasteiger charge is 2.49. The smallest absolute Gasteiger partial charge is 0.354 e. The van der Waals surface area contributed by atoms with Crippen LogP contribution in [-0.4, -0.2) is 13.1 Å². The van der Waals surface area contributed by atoms with E-state index in [0.717, 1.165) is 0 Å². The fourth-order valence-corrected chi connectivity index (χ4v) is 2.37. The maximum atomic E-state index is 15.1. The number of methoxy groups -OCH3 is 1. The highest BCUT2D eigenvalue weighted by atomic mass is 19.1. The predicted molar refractivity (Wildman–Crippen MR) is 71.6 cm³/mol. The molecule has 0 radical (unpaired) electrons. The van der Waals surface area contributed by atoms with Crippen molar-refractivity contribution in [2.45, 2.75) is 12.1 Å². The quantitative estimate of drug-likeness (QED) is 0.636. The third-order valence-electron chi connectivity index (χ3n) is 3.45. The number of alkyl halides is 1. The van der Waals surface area contributed by atoms with Crippen LogP contribution < -0.4 is 9.47 Å². The third-order valence-corrected chi connectivity index (χ3v) is 3.45. The molecule has 0 aromatic heterocycles. The normalized spacial score (nSPS) is 20.4. The van der Waals surface area contributed by atoms with Gasteiger partial charge in [0.05, 0.1) is 7.11 Å². The number of carbonyl (C=O) groups excluding carboxylic acids is 1. The van der Waals surface area contributed by atoms with Crippen LogP contribution >= 0.6 is 0 Å². The van der Waals surface area contributed by atoms with Gasteiger partial charge in [-0.1, -0.05) is 30.3 Å². The van der Waals surface area contributed by atoms with Crippen LogP contribution in [0.25, 0.3) is 0 Å². The molecule has 4 heteroatoms. The largest absolute Gasteiger partial charge is 0.497 e. The molecular weight excluding hydrogens is 259 g/mol. The number of esters is 1. The van der Waals surface area contributed by atoms with E-state index in [1.165, 1.54) is 0 Å². The van der Waals surface area contributed by atoms with Crippen molar-refractivity contribution in [1.29, 1.82) is 0 Å². The zero-order chi connectivity index (χ0) is 14.2. The average Bonchev–Trinajstić information content (AvgIpc) is 2.72. The van der Waals surface area contributed by atoms with Crippen LogP contribution in [0, 0.1) is 0 Å². The molecule has 0 saturated carbocycles. The van der Waals surface area contributed by atoms with Crippen LogP contribution in [0.3, 0.4) is 0 Å². The first kappa shape index (κ1) is 12.7. The van der Waals surface area contributed by atoms with Gasteiger partial charge in [0.2, 0.25) is 5.67 Å². The molecule has 0 bridgehead atoms. The Labute approximate surface area is 115 Å². The number of hydrogen-bond donors (Lipinski definition) is 0. The van der Waals surface area contributed by atoms with Gasteiger partial charge in [-0.15, -0.1) is 0 Å². The van der Waals surface area contributed by atoms with Gasteiger partial charge in [-0.25, -0.2) is 9.18 Å². The minimum absolute atomic E-state index is 0.0488. The number of fused-ring (bicyclic) bond motifs is 1. The molecule has 0 aliphatic carbocycles. The molecule has 2 aromatic carbocycles. The molecule has 3 nitrogen and oxygen atoms in total. The topological polar surface area (TPSA) is 35.5 Å². The SMILES string of the molecule is COc1ccc(CC2(F)C(=O)Oc3ccccc32)cc1. The first-order valence-corrected chi connectivity index (χ1v) is 6.27. The van der Waals surface area contributed by atoms with Gasteiger partial charge in [0.1, 0.15) is 11.5 Å². The van der Waals surface area contributed by atoms with Crippen LogP contribution in [0.2, 0.25) is 0 Å². The average molecular weight is 272 g/mol. The van der Waals surface area contributed by atoms with E-state index < -0.39 is 11.6 Å². The molecule has 0 fully saturated rings. The van der Waals surface area contributed by atoms with Crippen LogP contribution in [0.15, 0.2) is 48.5 Å². The second kappa shape index (κ2) is 4.63. The summed E-state index contributed by atoms with van der Waals surface area (Å²) in [4.78, 5) is 11.9. The first-order valence-electron chi connectivity index (χ1n) is 6.27. The van der Waals surface area contributed by atoms with Crippen molar-refractivity contribution >= 4 is 5.97 Å². The molecule has 0 saturated heterocycles. The standard InChI is InChI=1S/C16H13FO3/c1-19-12-8-6-11(7-9-12)10-16(17)13-4-2-3-5-14(13)20-15(16)18/h2-9H,10H2,1H3. The van der Waals surface area contributed by atoms with Crippen molar-refractivity contribution < 1.29 is 18.7 Å². The Morgan fingerprint density at radius 1 is 1.15 bits per heavy atom. The monoisotopic (exact) mass is 272 g/mol. The molecule has 1 aliphatic rings. The van der Waals surface area contributed by atoms with Crippen molar-refractivity contribution in [3.8, 4) is 11.5 Å². The Morgan fingerprint density at radius 3 is 2.55 bits per heavy atom. The van der Waals surface area contributed by atoms with Crippen LogP contribution in [0.4, 0.5) is 4.39 Å². The summed E-state index contributed by atoms with van der Waals surface area (Å²) in [6.45, 7) is 0. The summed E-state index contributed by atoms with van der Waals surface area (Å²) in [5.41, 5.74) is -1.12. The van der Waals surface area contributed by atoms with Gasteiger partial charge in [-0.3, -0.25) is 0 Å². The summed E-state index contributed by atoms with van der Waals surface area (Å²) in [7, 11) is 1.57. The third kappa shape index (κ3) is 1.93. The van der Waals surface area contributed by atoms with Gasteiger partial charge < -0.3 is 9.47 Å². The molecule has 2 aromatic rings. The number of ether oxygens (including phenoxy) is 2. The molecule has 1 atom stereocenters. The molecule has 1 aliphatic heterocycles. The first-order chi connectivity index (χ1) is 9.63. The number of hydrogen-bond acceptors (Lipinski definition) is 3. The number of carbonyl (C=O) groups is 1. The van der Waals surface area contributed by atoms with Crippen LogP contribution in [0.1, 0.15) is 11.1 Å². The van der Waals surface area contributed by atoms with Gasteiger partial charge in [0.25, 0.3) is 0 Å². The van der Waals surface area contributed by atoms with E-state index in [1.54, 1.807) is 55.6 Å². The summed E-state index contributed by atoms with van der Waals surface area (Å²) >= 11 is 0. The molecule has 102 valence electrons. The number of benzene rings is 2. The lowest BCUT2D eigenvalue weighted by Gasteiger charge is -2.16. The summed E-state index contributed by atoms with van der Waals surface area (Å²) in [6, 6.07) is 13.6. The van der Waals surface area contributed by atoms with E-state index in [2.05, 4.69) is 0 Å². The maximum Gasteiger partial charge on any atom is 0.354 e. The Balaban J connectivity index is 1.94. The van der Waals surface area contributed by atoms with Crippen molar-refractivity contribution in [3.05, 3.63) is 59.7 Å². The Bertz CT molecular complexity index is 651. The van der Waals surface area contributed by atoms with E-state index in [-0.39, 0.29) is 6.42 Å². The van der Waals surface area contributed by atoms with Gasteiger partial charge in [0.15, 0.2) is 0 Å². The predicted octanol–water partition coefficient (Wildman–Crippen LogP) is 3.02. The van der Waals surface area contributed by atoms with Crippen molar-refractivity contribution in [3.63, 3.8) is 0 Å². The lowest BCUT2D eigenvalue weighted by atomic mass is 9.90. The lowest BCUT2D eigenvalue weighted by molar-refractivity contribution is -0.144. The summed E-state index contributed by atoms with van der Waals surface area (Å²) < 4.78 is 25.1. The molecule has 0 N–H and O–H groups in total. The minimum atomic E-state index is -2.12. The number of halogens is 1. The van der Waals surface area contributed by atoms with Crippen molar-refractivity contribution in [2.75, 3.05) is 7.11 Å². The van der Waals surface area contributed by atoms with Gasteiger partial charge >= 0.3 is 5.97 Å². The summed E-state index contributed by atoms with van der Waals surface area (Å²) in [5.74, 6) is 0.138. The molecule has 1 unspecified atom stereocenters. The summed E-state index contributed by atoms with van der Waals surface area (Å²) in [6.07, 6.45) is -0.0488. The zero-order valence-electron chi connectivity index (χ0n) is 10.9. The van der Waals surface area contributed by atoms with E-state index in [9.17, 15) is 4.79 Å². The number of rotatable bonds is 3. The van der Waals surface area contributed by atoms with Crippen LogP contribution in [-0.2, 0) is 16.9 Å². The van der Waals surface area contributed by atoms with E-state index >= 15 is 4.39 Å². The molecule has 0 amide bonds. The van der Waals surface area contributed by atoms with Crippen molar-refractivity contribution in [2.24, 2.45) is 0 Å². The van der Waals surface area contributed by atoms with Gasteiger partial charge in [-0.2, -0.15) is 0 Å². The molecule has 3 rings (SSSR count). The van der Waals surface area contributed by atoms with E-state index in [1.807, 2.05) is 0 Å². The molecule has 1 heterocycles. The zero-order valence-corrected chi connectivity index (χ0v) is 10.9. The van der Waals surface area contributed by atoms with Gasteiger partial charge in [0, 0.05) is 12.0 Å². The second-order valence-corrected chi connectivity index (χ2v) is 4.71. The Morgan fingerprint density at radius 2 is 1.85 bits per heavy atom.